The van der Waals surface area contributed by atoms with Crippen molar-refractivity contribution in [2.24, 2.45) is 5.92 Å². The Hall–Kier alpha value is -4.91. The number of piperidine rings is 1. The van der Waals surface area contributed by atoms with Crippen molar-refractivity contribution in [1.29, 1.82) is 0 Å². The Bertz CT molecular complexity index is 1760. The van der Waals surface area contributed by atoms with Crippen LogP contribution in [0.25, 0.3) is 11.0 Å². The number of nitrogens with zero attached hydrogens (tertiary/aromatic N) is 3. The van der Waals surface area contributed by atoms with Crippen molar-refractivity contribution in [2.45, 2.75) is 32.1 Å². The number of rotatable bonds is 8. The molecular formula is C30H34N6O6S. The summed E-state index contributed by atoms with van der Waals surface area (Å²) in [4.78, 5) is 35.1. The normalized spacial score (nSPS) is 13.6. The molecule has 0 bridgehead atoms. The first kappa shape index (κ1) is 31.0. The lowest BCUT2D eigenvalue weighted by Gasteiger charge is -2.30. The zero-order valence-electron chi connectivity index (χ0n) is 23.0. The van der Waals surface area contributed by atoms with Gasteiger partial charge in [0, 0.05) is 55.5 Å². The molecule has 0 aliphatic carbocycles. The summed E-state index contributed by atoms with van der Waals surface area (Å²) in [5, 5.41) is 15.9. The fourth-order valence-electron chi connectivity index (χ4n) is 4.70. The van der Waals surface area contributed by atoms with Gasteiger partial charge in [0.1, 0.15) is 11.5 Å². The number of aromatic hydroxyl groups is 1. The first-order valence-electron chi connectivity index (χ1n) is 13.2. The van der Waals surface area contributed by atoms with E-state index >= 15 is 0 Å². The predicted octanol–water partition coefficient (Wildman–Crippen LogP) is 4.72. The van der Waals surface area contributed by atoms with Crippen molar-refractivity contribution in [3.63, 3.8) is 0 Å². The lowest BCUT2D eigenvalue weighted by atomic mass is 9.96. The molecule has 4 N–H and O–H groups in total. The molecule has 0 spiro atoms. The molecule has 4 aromatic rings. The summed E-state index contributed by atoms with van der Waals surface area (Å²) in [6, 6.07) is 17.4. The fraction of sp³-hybridized carbons (Fsp3) is 0.267. The van der Waals surface area contributed by atoms with E-state index < -0.39 is 10.0 Å². The predicted molar refractivity (Wildman–Crippen MR) is 165 cm³/mol. The Balaban J connectivity index is 0.00000423. The third-order valence-electron chi connectivity index (χ3n) is 6.91. The maximum Gasteiger partial charge on any atom is 0.263 e. The highest BCUT2D eigenvalue weighted by molar-refractivity contribution is 7.92. The largest absolute Gasteiger partial charge is 0.508 e. The number of ether oxygens (including phenoxy) is 1. The first-order valence-corrected chi connectivity index (χ1v) is 14.7. The highest BCUT2D eigenvalue weighted by Crippen LogP contribution is 2.31. The quantitative estimate of drug-likeness (QED) is 0.222. The van der Waals surface area contributed by atoms with E-state index in [1.807, 2.05) is 0 Å². The average molecular weight is 607 g/mol. The molecule has 226 valence electrons. The van der Waals surface area contributed by atoms with Gasteiger partial charge in [-0.05, 0) is 43.2 Å². The molecule has 1 fully saturated rings. The second kappa shape index (κ2) is 12.9. The molecule has 3 aromatic carbocycles. The van der Waals surface area contributed by atoms with Gasteiger partial charge in [0.05, 0.1) is 23.0 Å². The minimum absolute atomic E-state index is 0. The summed E-state index contributed by atoms with van der Waals surface area (Å²) < 4.78 is 34.8. The minimum Gasteiger partial charge on any atom is -0.508 e. The number of aromatic nitrogens is 2. The van der Waals surface area contributed by atoms with Crippen LogP contribution in [0, 0.1) is 5.92 Å². The maximum absolute atomic E-state index is 13.5. The van der Waals surface area contributed by atoms with Crippen molar-refractivity contribution >= 4 is 55.9 Å². The van der Waals surface area contributed by atoms with Gasteiger partial charge in [-0.2, -0.15) is 0 Å². The van der Waals surface area contributed by atoms with E-state index in [0.29, 0.717) is 54.1 Å². The molecular weight excluding hydrogens is 572 g/mol. The van der Waals surface area contributed by atoms with Crippen molar-refractivity contribution in [2.75, 3.05) is 35.6 Å². The Morgan fingerprint density at radius 2 is 1.60 bits per heavy atom. The number of carbonyl (C=O) groups is 2. The van der Waals surface area contributed by atoms with Crippen LogP contribution in [0.15, 0.2) is 71.6 Å². The lowest BCUT2D eigenvalue weighted by molar-refractivity contribution is -0.132. The number of hydrogen-bond donors (Lipinski definition) is 4. The van der Waals surface area contributed by atoms with E-state index in [1.54, 1.807) is 41.3 Å². The fourth-order valence-corrected chi connectivity index (χ4v) is 5.75. The average Bonchev–Trinajstić information content (AvgIpc) is 2.97. The highest BCUT2D eigenvalue weighted by atomic mass is 32.2. The zero-order chi connectivity index (χ0) is 29.9. The number of anilines is 4. The number of likely N-dealkylation sites (tertiary alicyclic amines) is 1. The maximum atomic E-state index is 13.5. The molecule has 12 nitrogen and oxygen atoms in total. The van der Waals surface area contributed by atoms with E-state index in [4.69, 9.17) is 4.74 Å². The minimum atomic E-state index is -4.18. The van der Waals surface area contributed by atoms with Crippen LogP contribution in [0.5, 0.6) is 11.5 Å². The van der Waals surface area contributed by atoms with Crippen LogP contribution < -0.4 is 20.1 Å². The van der Waals surface area contributed by atoms with Gasteiger partial charge in [0.25, 0.3) is 10.0 Å². The van der Waals surface area contributed by atoms with Crippen molar-refractivity contribution < 1.29 is 27.9 Å². The molecule has 0 radical (unpaired) electrons. The number of nitrogens with one attached hydrogen (secondary N) is 3. The molecule has 1 saturated heterocycles. The summed E-state index contributed by atoms with van der Waals surface area (Å²) in [5.74, 6) is -0.164. The van der Waals surface area contributed by atoms with Gasteiger partial charge in [-0.15, -0.1) is 0 Å². The topological polar surface area (TPSA) is 163 Å². The molecule has 13 heteroatoms. The number of amides is 2. The van der Waals surface area contributed by atoms with E-state index in [9.17, 15) is 23.1 Å². The van der Waals surface area contributed by atoms with Crippen molar-refractivity contribution in [3.05, 3.63) is 66.7 Å². The highest BCUT2D eigenvalue weighted by Gasteiger charge is 2.26. The van der Waals surface area contributed by atoms with Gasteiger partial charge in [0.15, 0.2) is 11.6 Å². The van der Waals surface area contributed by atoms with E-state index in [-0.39, 0.29) is 47.4 Å². The Morgan fingerprint density at radius 1 is 0.930 bits per heavy atom. The lowest BCUT2D eigenvalue weighted by Crippen LogP contribution is -2.40. The number of phenols is 1. The second-order valence-electron chi connectivity index (χ2n) is 9.86. The van der Waals surface area contributed by atoms with Crippen LogP contribution in [0.1, 0.15) is 27.2 Å². The van der Waals surface area contributed by atoms with Crippen molar-refractivity contribution in [3.8, 4) is 11.5 Å². The number of sulfonamides is 1. The molecule has 5 rings (SSSR count). The summed E-state index contributed by atoms with van der Waals surface area (Å²) in [6.07, 6.45) is 1.07. The summed E-state index contributed by atoms with van der Waals surface area (Å²) in [6.45, 7) is 2.52. The zero-order valence-corrected chi connectivity index (χ0v) is 23.8. The van der Waals surface area contributed by atoms with Crippen LogP contribution in [0.3, 0.4) is 0 Å². The molecule has 1 aliphatic rings. The summed E-state index contributed by atoms with van der Waals surface area (Å²) >= 11 is 0. The van der Waals surface area contributed by atoms with Crippen LogP contribution in [0.2, 0.25) is 0 Å². The molecule has 1 aliphatic heterocycles. The van der Waals surface area contributed by atoms with Gasteiger partial charge in [-0.3, -0.25) is 14.3 Å². The van der Waals surface area contributed by atoms with Crippen LogP contribution in [-0.2, 0) is 19.6 Å². The molecule has 2 heterocycles. The van der Waals surface area contributed by atoms with E-state index in [1.165, 1.54) is 44.4 Å². The number of methoxy groups -OCH3 is 1. The van der Waals surface area contributed by atoms with Crippen LogP contribution in [-0.4, -0.2) is 60.4 Å². The molecule has 43 heavy (non-hydrogen) atoms. The Labute approximate surface area is 250 Å². The van der Waals surface area contributed by atoms with Crippen molar-refractivity contribution in [1.82, 2.24) is 14.9 Å². The van der Waals surface area contributed by atoms with Crippen LogP contribution >= 0.6 is 0 Å². The molecule has 0 atom stereocenters. The van der Waals surface area contributed by atoms with E-state index in [2.05, 4.69) is 25.3 Å². The van der Waals surface area contributed by atoms with Gasteiger partial charge in [0.2, 0.25) is 11.8 Å². The number of hydrogen-bond acceptors (Lipinski definition) is 9. The van der Waals surface area contributed by atoms with Gasteiger partial charge >= 0.3 is 0 Å². The SMILES string of the molecule is C.COc1cc(O)cc(Nc2nc3ccccc3nc2NS(=O)(=O)c2cccc(NC(=O)C3CCN(C(C)=O)CC3)c2)c1. The monoisotopic (exact) mass is 606 g/mol. The first-order chi connectivity index (χ1) is 20.1. The molecule has 2 amide bonds. The Kier molecular flexibility index (Phi) is 9.34. The number of benzene rings is 3. The third-order valence-corrected chi connectivity index (χ3v) is 8.25. The third kappa shape index (κ3) is 7.30. The summed E-state index contributed by atoms with van der Waals surface area (Å²) in [5.41, 5.74) is 1.71. The standard InChI is InChI=1S/C29H30N6O6S.CH4/c1-18(36)35-12-10-19(11-13-35)29(38)31-20-6-5-7-24(16-20)42(39,40)34-28-27(32-25-8-3-4-9-26(25)33-28)30-21-14-22(37)17-23(15-21)41-2;/h3-9,14-17,19,37H,10-13H2,1-2H3,(H,30,32)(H,31,38)(H,33,34);1H4. The number of fused-ring (bicyclic) bond motifs is 1. The number of carbonyl (C=O) groups excluding carboxylic acids is 2. The number of para-hydroxylation sites is 2. The van der Waals surface area contributed by atoms with Gasteiger partial charge in [-0.1, -0.05) is 25.6 Å². The van der Waals surface area contributed by atoms with E-state index in [0.717, 1.165) is 0 Å². The Morgan fingerprint density at radius 3 is 2.26 bits per heavy atom. The van der Waals surface area contributed by atoms with Crippen LogP contribution in [0.4, 0.5) is 23.0 Å². The second-order valence-corrected chi connectivity index (χ2v) is 11.5. The smallest absolute Gasteiger partial charge is 0.263 e. The van der Waals surface area contributed by atoms with Gasteiger partial charge < -0.3 is 25.4 Å². The molecule has 1 aromatic heterocycles. The molecule has 0 unspecified atom stereocenters. The number of phenolic OH excluding ortho intramolecular Hbond substituents is 1. The summed E-state index contributed by atoms with van der Waals surface area (Å²) in [7, 11) is -2.72. The van der Waals surface area contributed by atoms with Gasteiger partial charge in [-0.25, -0.2) is 18.4 Å². The molecule has 0 saturated carbocycles.